The zero-order valence-electron chi connectivity index (χ0n) is 16.5. The first-order chi connectivity index (χ1) is 14.4. The molecule has 0 saturated carbocycles. The van der Waals surface area contributed by atoms with Crippen LogP contribution in [0.15, 0.2) is 48.5 Å². The molecule has 0 unspecified atom stereocenters. The molecular formula is C22H21FN4O3. The smallest absolute Gasteiger partial charge is 0.335 e. The van der Waals surface area contributed by atoms with E-state index in [9.17, 15) is 18.8 Å². The topological polar surface area (TPSA) is 73.0 Å². The van der Waals surface area contributed by atoms with Crippen LogP contribution in [-0.2, 0) is 16.0 Å². The van der Waals surface area contributed by atoms with Gasteiger partial charge < -0.3 is 9.80 Å². The fourth-order valence-electron chi connectivity index (χ4n) is 4.97. The van der Waals surface area contributed by atoms with Gasteiger partial charge in [0.15, 0.2) is 5.41 Å². The van der Waals surface area contributed by atoms with Crippen molar-refractivity contribution in [2.75, 3.05) is 36.5 Å². The number of amides is 4. The van der Waals surface area contributed by atoms with Gasteiger partial charge >= 0.3 is 6.03 Å². The van der Waals surface area contributed by atoms with Crippen molar-refractivity contribution in [3.63, 3.8) is 0 Å². The number of urea groups is 1. The molecule has 0 aromatic heterocycles. The molecule has 0 bridgehead atoms. The molecule has 2 aromatic carbocycles. The van der Waals surface area contributed by atoms with E-state index in [1.54, 1.807) is 42.5 Å². The maximum absolute atomic E-state index is 14.8. The highest BCUT2D eigenvalue weighted by molar-refractivity contribution is 6.30. The lowest BCUT2D eigenvalue weighted by Crippen LogP contribution is -2.75. The lowest BCUT2D eigenvalue weighted by molar-refractivity contribution is -0.145. The first-order valence-electron chi connectivity index (χ1n) is 9.91. The SMILES string of the molecule is CN1CCN2c3c(F)cccc3C[C@]3(C(=O)NC(=O)N(c4ccccc4)C3=O)[C@@H]2C1. The summed E-state index contributed by atoms with van der Waals surface area (Å²) in [6.07, 6.45) is 0.0381. The van der Waals surface area contributed by atoms with Crippen LogP contribution in [0.1, 0.15) is 5.56 Å². The zero-order valence-corrected chi connectivity index (χ0v) is 16.5. The highest BCUT2D eigenvalue weighted by Crippen LogP contribution is 2.46. The minimum absolute atomic E-state index is 0.0381. The molecule has 4 amide bonds. The number of fused-ring (bicyclic) bond motifs is 4. The molecule has 5 rings (SSSR count). The van der Waals surface area contributed by atoms with Gasteiger partial charge in [-0.2, -0.15) is 0 Å². The zero-order chi connectivity index (χ0) is 21.0. The van der Waals surface area contributed by atoms with E-state index in [0.29, 0.717) is 36.6 Å². The van der Waals surface area contributed by atoms with Crippen LogP contribution in [0.25, 0.3) is 0 Å². The summed E-state index contributed by atoms with van der Waals surface area (Å²) >= 11 is 0. The second-order valence-electron chi connectivity index (χ2n) is 8.10. The van der Waals surface area contributed by atoms with Crippen molar-refractivity contribution in [2.24, 2.45) is 5.41 Å². The molecule has 7 nitrogen and oxygen atoms in total. The monoisotopic (exact) mass is 408 g/mol. The molecule has 3 aliphatic rings. The minimum Gasteiger partial charge on any atom is -0.362 e. The average molecular weight is 408 g/mol. The van der Waals surface area contributed by atoms with Crippen molar-refractivity contribution in [1.29, 1.82) is 0 Å². The largest absolute Gasteiger partial charge is 0.362 e. The Hall–Kier alpha value is -3.26. The Kier molecular flexibility index (Phi) is 4.14. The Bertz CT molecular complexity index is 1060. The summed E-state index contributed by atoms with van der Waals surface area (Å²) in [7, 11) is 1.91. The number of hydrogen-bond acceptors (Lipinski definition) is 5. The molecule has 1 N–H and O–H groups in total. The number of anilines is 2. The number of carbonyl (C=O) groups is 3. The fourth-order valence-corrected chi connectivity index (χ4v) is 4.97. The quantitative estimate of drug-likeness (QED) is 0.729. The number of carbonyl (C=O) groups excluding carboxylic acids is 3. The van der Waals surface area contributed by atoms with Gasteiger partial charge in [-0.25, -0.2) is 14.1 Å². The van der Waals surface area contributed by atoms with Crippen molar-refractivity contribution in [1.82, 2.24) is 10.2 Å². The number of barbiturate groups is 1. The number of imide groups is 2. The van der Waals surface area contributed by atoms with Crippen LogP contribution in [-0.4, -0.2) is 55.5 Å². The van der Waals surface area contributed by atoms with E-state index >= 15 is 0 Å². The number of rotatable bonds is 1. The predicted octanol–water partition coefficient (Wildman–Crippen LogP) is 1.77. The van der Waals surface area contributed by atoms with E-state index < -0.39 is 29.3 Å². The number of para-hydroxylation sites is 2. The Labute approximate surface area is 173 Å². The van der Waals surface area contributed by atoms with E-state index in [1.807, 2.05) is 16.8 Å². The summed E-state index contributed by atoms with van der Waals surface area (Å²) in [5.41, 5.74) is -0.0848. The summed E-state index contributed by atoms with van der Waals surface area (Å²) in [6, 6.07) is 11.9. The lowest BCUT2D eigenvalue weighted by atomic mass is 9.67. The molecule has 30 heavy (non-hydrogen) atoms. The van der Waals surface area contributed by atoms with Crippen molar-refractivity contribution in [3.05, 3.63) is 59.9 Å². The van der Waals surface area contributed by atoms with Crippen LogP contribution < -0.4 is 15.1 Å². The molecule has 0 radical (unpaired) electrons. The number of hydrogen-bond donors (Lipinski definition) is 1. The molecule has 154 valence electrons. The Morgan fingerprint density at radius 3 is 2.57 bits per heavy atom. The molecule has 0 aliphatic carbocycles. The lowest BCUT2D eigenvalue weighted by Gasteiger charge is -2.54. The molecule has 3 aliphatic heterocycles. The number of piperazine rings is 1. The average Bonchev–Trinajstić information content (AvgIpc) is 2.73. The molecule has 2 saturated heterocycles. The number of likely N-dealkylation sites (N-methyl/N-ethyl adjacent to an activating group) is 1. The second-order valence-corrected chi connectivity index (χ2v) is 8.10. The number of nitrogens with zero attached hydrogens (tertiary/aromatic N) is 3. The van der Waals surface area contributed by atoms with Crippen molar-refractivity contribution in [3.8, 4) is 0 Å². The van der Waals surface area contributed by atoms with Gasteiger partial charge in [-0.05, 0) is 37.2 Å². The van der Waals surface area contributed by atoms with Gasteiger partial charge in [-0.1, -0.05) is 30.3 Å². The summed E-state index contributed by atoms with van der Waals surface area (Å²) in [5, 5.41) is 2.40. The highest BCUT2D eigenvalue weighted by Gasteiger charge is 2.63. The van der Waals surface area contributed by atoms with Gasteiger partial charge in [0, 0.05) is 19.6 Å². The third-order valence-electron chi connectivity index (χ3n) is 6.41. The first-order valence-corrected chi connectivity index (χ1v) is 9.91. The molecule has 1 spiro atoms. The van der Waals surface area contributed by atoms with Gasteiger partial charge in [0.05, 0.1) is 17.4 Å². The molecular weight excluding hydrogens is 387 g/mol. The summed E-state index contributed by atoms with van der Waals surface area (Å²) in [5.74, 6) is -1.55. The van der Waals surface area contributed by atoms with Gasteiger partial charge in [0.1, 0.15) is 5.82 Å². The van der Waals surface area contributed by atoms with E-state index in [-0.39, 0.29) is 12.2 Å². The van der Waals surface area contributed by atoms with Gasteiger partial charge in [0.2, 0.25) is 5.91 Å². The second kappa shape index (κ2) is 6.63. The van der Waals surface area contributed by atoms with Gasteiger partial charge in [0.25, 0.3) is 5.91 Å². The van der Waals surface area contributed by atoms with E-state index in [2.05, 4.69) is 5.32 Å². The van der Waals surface area contributed by atoms with Crippen LogP contribution in [0.4, 0.5) is 20.6 Å². The van der Waals surface area contributed by atoms with E-state index in [4.69, 9.17) is 0 Å². The molecule has 2 fully saturated rings. The maximum atomic E-state index is 14.8. The number of halogens is 1. The summed E-state index contributed by atoms with van der Waals surface area (Å²) in [6.45, 7) is 1.57. The van der Waals surface area contributed by atoms with Gasteiger partial charge in [-0.3, -0.25) is 14.9 Å². The number of nitrogens with one attached hydrogen (secondary N) is 1. The van der Waals surface area contributed by atoms with Crippen LogP contribution in [0.3, 0.4) is 0 Å². The molecule has 3 heterocycles. The minimum atomic E-state index is -1.53. The molecule has 8 heteroatoms. The van der Waals surface area contributed by atoms with Crippen LogP contribution >= 0.6 is 0 Å². The van der Waals surface area contributed by atoms with Crippen molar-refractivity contribution >= 4 is 29.2 Å². The van der Waals surface area contributed by atoms with Crippen molar-refractivity contribution in [2.45, 2.75) is 12.5 Å². The Morgan fingerprint density at radius 2 is 1.80 bits per heavy atom. The molecule has 2 atom stereocenters. The number of benzene rings is 2. The van der Waals surface area contributed by atoms with Gasteiger partial charge in [-0.15, -0.1) is 0 Å². The summed E-state index contributed by atoms with van der Waals surface area (Å²) < 4.78 is 14.8. The van der Waals surface area contributed by atoms with Crippen molar-refractivity contribution < 1.29 is 18.8 Å². The normalized spacial score (nSPS) is 26.5. The van der Waals surface area contributed by atoms with E-state index in [0.717, 1.165) is 4.90 Å². The Morgan fingerprint density at radius 1 is 1.03 bits per heavy atom. The van der Waals surface area contributed by atoms with Crippen LogP contribution in [0, 0.1) is 11.2 Å². The predicted molar refractivity (Wildman–Crippen MR) is 109 cm³/mol. The third kappa shape index (κ3) is 2.50. The molecule has 2 aromatic rings. The summed E-state index contributed by atoms with van der Waals surface area (Å²) in [4.78, 5) is 44.8. The third-order valence-corrected chi connectivity index (χ3v) is 6.41. The fraction of sp³-hybridized carbons (Fsp3) is 0.318. The van der Waals surface area contributed by atoms with Crippen LogP contribution in [0.2, 0.25) is 0 Å². The maximum Gasteiger partial charge on any atom is 0.335 e. The Balaban J connectivity index is 1.69. The van der Waals surface area contributed by atoms with E-state index in [1.165, 1.54) is 6.07 Å². The first kappa shape index (κ1) is 18.7. The van der Waals surface area contributed by atoms with Crippen LogP contribution in [0.5, 0.6) is 0 Å². The highest BCUT2D eigenvalue weighted by atomic mass is 19.1. The standard InChI is InChI=1S/C22H21FN4O3/c1-25-10-11-26-17(13-25)22(12-14-6-5-9-16(23)18(14)26)19(28)24-21(30)27(20(22)29)15-7-3-2-4-8-15/h2-9,17H,10-13H2,1H3,(H,24,28,30)/t17-,22+/m0/s1.